The molecule has 2 amide bonds. The highest BCUT2D eigenvalue weighted by atomic mass is 16.5. The highest BCUT2D eigenvalue weighted by Gasteiger charge is 2.27. The molecule has 4 rings (SSSR count). The van der Waals surface area contributed by atoms with Crippen LogP contribution in [0.2, 0.25) is 0 Å². The molecule has 2 aliphatic rings. The summed E-state index contributed by atoms with van der Waals surface area (Å²) in [4.78, 5) is 33.2. The van der Waals surface area contributed by atoms with E-state index in [1.807, 2.05) is 6.92 Å². The molecule has 0 aliphatic carbocycles. The van der Waals surface area contributed by atoms with E-state index in [1.165, 1.54) is 5.56 Å². The number of carbonyl (C=O) groups excluding carboxylic acids is 2. The van der Waals surface area contributed by atoms with Gasteiger partial charge in [-0.05, 0) is 31.7 Å². The van der Waals surface area contributed by atoms with Crippen molar-refractivity contribution >= 4 is 11.8 Å². The maximum Gasteiger partial charge on any atom is 0.289 e. The van der Waals surface area contributed by atoms with E-state index >= 15 is 0 Å². The first-order chi connectivity index (χ1) is 15.6. The molecule has 1 aromatic carbocycles. The monoisotopic (exact) mass is 439 g/mol. The summed E-state index contributed by atoms with van der Waals surface area (Å²) >= 11 is 0. The normalized spacial score (nSPS) is 17.4. The largest absolute Gasteiger partial charge is 0.378 e. The lowest BCUT2D eigenvalue weighted by atomic mass is 10.1. The molecule has 1 aromatic heterocycles. The number of ether oxygens (including phenoxy) is 1. The van der Waals surface area contributed by atoms with Gasteiger partial charge in [-0.3, -0.25) is 14.5 Å². The number of nitrogens with one attached hydrogen (secondary N) is 1. The van der Waals surface area contributed by atoms with Crippen molar-refractivity contribution < 1.29 is 14.3 Å². The molecule has 2 aromatic rings. The minimum Gasteiger partial charge on any atom is -0.378 e. The van der Waals surface area contributed by atoms with Crippen molar-refractivity contribution in [1.82, 2.24) is 24.7 Å². The minimum absolute atomic E-state index is 0.110. The van der Waals surface area contributed by atoms with Crippen LogP contribution in [0.1, 0.15) is 52.9 Å². The summed E-state index contributed by atoms with van der Waals surface area (Å²) in [6.45, 7) is 8.19. The van der Waals surface area contributed by atoms with Crippen LogP contribution in [0.4, 0.5) is 0 Å². The Morgan fingerprint density at radius 3 is 2.69 bits per heavy atom. The predicted octanol–water partition coefficient (Wildman–Crippen LogP) is 2.16. The smallest absolute Gasteiger partial charge is 0.289 e. The minimum atomic E-state index is -0.239. The Morgan fingerprint density at radius 2 is 1.94 bits per heavy atom. The summed E-state index contributed by atoms with van der Waals surface area (Å²) in [6, 6.07) is 10.6. The van der Waals surface area contributed by atoms with Gasteiger partial charge in [-0.15, -0.1) is 0 Å². The summed E-state index contributed by atoms with van der Waals surface area (Å²) in [5.41, 5.74) is 1.66. The van der Waals surface area contributed by atoms with Crippen molar-refractivity contribution in [2.75, 3.05) is 39.3 Å². The zero-order valence-corrected chi connectivity index (χ0v) is 18.8. The van der Waals surface area contributed by atoms with Crippen LogP contribution >= 0.6 is 0 Å². The fourth-order valence-electron chi connectivity index (χ4n) is 4.33. The number of benzene rings is 1. The Morgan fingerprint density at radius 1 is 1.16 bits per heavy atom. The van der Waals surface area contributed by atoms with E-state index in [0.717, 1.165) is 38.9 Å². The number of carbonyl (C=O) groups is 2. The van der Waals surface area contributed by atoms with Gasteiger partial charge in [-0.1, -0.05) is 30.3 Å². The second kappa shape index (κ2) is 10.7. The van der Waals surface area contributed by atoms with Gasteiger partial charge in [0.05, 0.1) is 6.10 Å². The Kier molecular flexibility index (Phi) is 7.55. The lowest BCUT2D eigenvalue weighted by molar-refractivity contribution is 0.00514. The average Bonchev–Trinajstić information content (AvgIpc) is 3.26. The zero-order chi connectivity index (χ0) is 22.3. The molecule has 0 saturated carbocycles. The van der Waals surface area contributed by atoms with Gasteiger partial charge in [-0.2, -0.15) is 0 Å². The third-order valence-electron chi connectivity index (χ3n) is 6.22. The lowest BCUT2D eigenvalue weighted by Gasteiger charge is -2.32. The summed E-state index contributed by atoms with van der Waals surface area (Å²) in [6.07, 6.45) is 4.82. The van der Waals surface area contributed by atoms with Crippen LogP contribution in [-0.2, 0) is 17.8 Å². The van der Waals surface area contributed by atoms with E-state index in [1.54, 1.807) is 15.7 Å². The van der Waals surface area contributed by atoms with Crippen molar-refractivity contribution in [2.45, 2.75) is 45.4 Å². The molecule has 8 heteroatoms. The maximum atomic E-state index is 12.4. The molecule has 1 saturated heterocycles. The van der Waals surface area contributed by atoms with Gasteiger partial charge < -0.3 is 19.5 Å². The van der Waals surface area contributed by atoms with Crippen LogP contribution in [0.5, 0.6) is 0 Å². The fraction of sp³-hybridized carbons (Fsp3) is 0.542. The molecule has 32 heavy (non-hydrogen) atoms. The van der Waals surface area contributed by atoms with Crippen LogP contribution in [0.15, 0.2) is 36.5 Å². The number of nitrogens with zero attached hydrogens (tertiary/aromatic N) is 4. The molecule has 1 N–H and O–H groups in total. The Labute approximate surface area is 189 Å². The van der Waals surface area contributed by atoms with Crippen molar-refractivity contribution in [3.05, 3.63) is 53.6 Å². The number of hydrogen-bond acceptors (Lipinski definition) is 5. The second-order valence-corrected chi connectivity index (χ2v) is 8.47. The summed E-state index contributed by atoms with van der Waals surface area (Å²) in [5.74, 6) is 0.00294. The maximum absolute atomic E-state index is 12.4. The third kappa shape index (κ3) is 5.55. The first-order valence-corrected chi connectivity index (χ1v) is 11.7. The van der Waals surface area contributed by atoms with E-state index in [4.69, 9.17) is 4.74 Å². The Balaban J connectivity index is 1.12. The van der Waals surface area contributed by atoms with E-state index < -0.39 is 0 Å². The molecule has 2 aliphatic heterocycles. The standard InChI is InChI=1S/C24H33N5O3/c1-2-28-14-15-29-18-21(26-22(29)24(28)31)23(30)25-11-6-16-32-20-9-12-27(13-10-20)17-19-7-4-3-5-8-19/h3-5,7-8,18,20H,2,6,9-17H2,1H3,(H,25,30). The van der Waals surface area contributed by atoms with E-state index in [0.29, 0.717) is 50.4 Å². The number of piperidine rings is 1. The number of likely N-dealkylation sites (tertiary alicyclic amines) is 1. The van der Waals surface area contributed by atoms with Gasteiger partial charge in [-0.25, -0.2) is 4.98 Å². The fourth-order valence-corrected chi connectivity index (χ4v) is 4.33. The summed E-state index contributed by atoms with van der Waals surface area (Å²) < 4.78 is 7.80. The highest BCUT2D eigenvalue weighted by molar-refractivity contribution is 5.96. The highest BCUT2D eigenvalue weighted by Crippen LogP contribution is 2.16. The van der Waals surface area contributed by atoms with Crippen LogP contribution in [0.3, 0.4) is 0 Å². The number of likely N-dealkylation sites (N-methyl/N-ethyl adjacent to an activating group) is 1. The number of hydrogen-bond donors (Lipinski definition) is 1. The SMILES string of the molecule is CCN1CCn2cc(C(=O)NCCCOC3CCN(Cc4ccccc4)CC3)nc2C1=O. The van der Waals surface area contributed by atoms with Crippen molar-refractivity contribution in [3.8, 4) is 0 Å². The van der Waals surface area contributed by atoms with Gasteiger partial charge in [0.1, 0.15) is 5.69 Å². The average molecular weight is 440 g/mol. The Bertz CT molecular complexity index is 906. The van der Waals surface area contributed by atoms with Crippen molar-refractivity contribution in [1.29, 1.82) is 0 Å². The number of fused-ring (bicyclic) bond motifs is 1. The molecular formula is C24H33N5O3. The van der Waals surface area contributed by atoms with Crippen LogP contribution in [-0.4, -0.2) is 76.6 Å². The first-order valence-electron chi connectivity index (χ1n) is 11.7. The molecule has 0 radical (unpaired) electrons. The predicted molar refractivity (Wildman–Crippen MR) is 121 cm³/mol. The van der Waals surface area contributed by atoms with Gasteiger partial charge in [0, 0.05) is 58.6 Å². The number of amides is 2. The quantitative estimate of drug-likeness (QED) is 0.606. The van der Waals surface area contributed by atoms with Crippen molar-refractivity contribution in [2.24, 2.45) is 0 Å². The molecular weight excluding hydrogens is 406 g/mol. The summed E-state index contributed by atoms with van der Waals surface area (Å²) in [7, 11) is 0. The number of imidazole rings is 1. The molecule has 0 bridgehead atoms. The second-order valence-electron chi connectivity index (χ2n) is 8.47. The van der Waals surface area contributed by atoms with Crippen LogP contribution in [0, 0.1) is 0 Å². The number of aromatic nitrogens is 2. The molecule has 0 spiro atoms. The van der Waals surface area contributed by atoms with E-state index in [9.17, 15) is 9.59 Å². The molecule has 172 valence electrons. The number of rotatable bonds is 9. The van der Waals surface area contributed by atoms with Gasteiger partial charge in [0.25, 0.3) is 11.8 Å². The molecule has 3 heterocycles. The lowest BCUT2D eigenvalue weighted by Crippen LogP contribution is -2.40. The molecule has 8 nitrogen and oxygen atoms in total. The van der Waals surface area contributed by atoms with Gasteiger partial charge in [0.2, 0.25) is 0 Å². The summed E-state index contributed by atoms with van der Waals surface area (Å²) in [5, 5.41) is 2.89. The van der Waals surface area contributed by atoms with Gasteiger partial charge in [0.15, 0.2) is 5.82 Å². The molecule has 1 fully saturated rings. The topological polar surface area (TPSA) is 79.7 Å². The zero-order valence-electron chi connectivity index (χ0n) is 18.8. The molecule has 0 unspecified atom stereocenters. The van der Waals surface area contributed by atoms with Crippen LogP contribution in [0.25, 0.3) is 0 Å². The van der Waals surface area contributed by atoms with E-state index in [-0.39, 0.29) is 11.8 Å². The van der Waals surface area contributed by atoms with E-state index in [2.05, 4.69) is 45.5 Å². The van der Waals surface area contributed by atoms with Crippen LogP contribution < -0.4 is 5.32 Å². The van der Waals surface area contributed by atoms with Crippen molar-refractivity contribution in [3.63, 3.8) is 0 Å². The Hall–Kier alpha value is -2.71. The van der Waals surface area contributed by atoms with Gasteiger partial charge >= 0.3 is 0 Å². The first kappa shape index (κ1) is 22.5. The molecule has 0 atom stereocenters. The third-order valence-corrected chi connectivity index (χ3v) is 6.22.